The van der Waals surface area contributed by atoms with Crippen LogP contribution in [0.4, 0.5) is 4.79 Å². The van der Waals surface area contributed by atoms with Gasteiger partial charge in [-0.3, -0.25) is 0 Å². The molecule has 0 aliphatic carbocycles. The molecular weight excluding hydrogens is 356 g/mol. The van der Waals surface area contributed by atoms with Gasteiger partial charge < -0.3 is 19.5 Å². The smallest absolute Gasteiger partial charge is 0.407 e. The molecule has 1 N–H and O–H groups in total. The maximum absolute atomic E-state index is 11.4. The first kappa shape index (κ1) is 18.6. The Hall–Kier alpha value is -2.76. The van der Waals surface area contributed by atoms with Crippen molar-refractivity contribution < 1.29 is 19.4 Å². The van der Waals surface area contributed by atoms with Crippen LogP contribution >= 0.6 is 0 Å². The largest absolute Gasteiger partial charge is 0.491 e. The van der Waals surface area contributed by atoms with E-state index in [1.54, 1.807) is 4.90 Å². The fourth-order valence-corrected chi connectivity index (χ4v) is 4.33. The van der Waals surface area contributed by atoms with Gasteiger partial charge in [0.05, 0.1) is 6.10 Å². The molecule has 2 saturated heterocycles. The Labute approximate surface area is 165 Å². The van der Waals surface area contributed by atoms with Gasteiger partial charge in [0.15, 0.2) is 0 Å². The molecule has 2 unspecified atom stereocenters. The second-order valence-electron chi connectivity index (χ2n) is 7.86. The molecule has 2 aromatic rings. The van der Waals surface area contributed by atoms with Gasteiger partial charge >= 0.3 is 6.09 Å². The number of rotatable bonds is 5. The van der Waals surface area contributed by atoms with Crippen molar-refractivity contribution in [2.75, 3.05) is 0 Å². The van der Waals surface area contributed by atoms with Crippen molar-refractivity contribution in [2.45, 2.75) is 63.8 Å². The molecule has 148 valence electrons. The highest BCUT2D eigenvalue weighted by Gasteiger charge is 2.44. The number of hydrogen-bond acceptors (Lipinski definition) is 4. The number of pyridine rings is 1. The third-order valence-corrected chi connectivity index (χ3v) is 5.49. The predicted molar refractivity (Wildman–Crippen MR) is 106 cm³/mol. The van der Waals surface area contributed by atoms with Gasteiger partial charge in [-0.05, 0) is 50.5 Å². The highest BCUT2D eigenvalue weighted by Crippen LogP contribution is 2.37. The van der Waals surface area contributed by atoms with Gasteiger partial charge in [-0.2, -0.15) is 0 Å². The quantitative estimate of drug-likeness (QED) is 0.819. The fraction of sp³-hybridized carbons (Fsp3) is 0.455. The lowest BCUT2D eigenvalue weighted by Crippen LogP contribution is -2.48. The van der Waals surface area contributed by atoms with Crippen LogP contribution in [0.5, 0.6) is 11.6 Å². The van der Waals surface area contributed by atoms with Gasteiger partial charge in [-0.25, -0.2) is 9.78 Å². The van der Waals surface area contributed by atoms with Crippen LogP contribution < -0.4 is 9.47 Å². The van der Waals surface area contributed by atoms with Gasteiger partial charge in [0.2, 0.25) is 5.88 Å². The normalized spacial score (nSPS) is 23.7. The predicted octanol–water partition coefficient (Wildman–Crippen LogP) is 4.59. The van der Waals surface area contributed by atoms with Crippen LogP contribution in [0.2, 0.25) is 0 Å². The average Bonchev–Trinajstić information content (AvgIpc) is 2.94. The molecule has 2 atom stereocenters. The van der Waals surface area contributed by atoms with Crippen molar-refractivity contribution in [2.24, 2.45) is 0 Å². The van der Waals surface area contributed by atoms with Crippen LogP contribution in [0.3, 0.4) is 0 Å². The number of ether oxygens (including phenoxy) is 2. The Kier molecular flexibility index (Phi) is 5.11. The van der Waals surface area contributed by atoms with Crippen LogP contribution in [0, 0.1) is 0 Å². The van der Waals surface area contributed by atoms with Gasteiger partial charge in [-0.15, -0.1) is 0 Å². The van der Waals surface area contributed by atoms with Gasteiger partial charge in [0.25, 0.3) is 0 Å². The monoisotopic (exact) mass is 382 g/mol. The van der Waals surface area contributed by atoms with E-state index >= 15 is 0 Å². The summed E-state index contributed by atoms with van der Waals surface area (Å²) >= 11 is 0. The summed E-state index contributed by atoms with van der Waals surface area (Å²) in [7, 11) is 0. The molecule has 2 fully saturated rings. The molecule has 2 bridgehead atoms. The van der Waals surface area contributed by atoms with E-state index in [9.17, 15) is 9.90 Å². The second kappa shape index (κ2) is 7.70. The lowest BCUT2D eigenvalue weighted by molar-refractivity contribution is 0.0477. The first-order valence-corrected chi connectivity index (χ1v) is 9.90. The zero-order valence-corrected chi connectivity index (χ0v) is 16.2. The summed E-state index contributed by atoms with van der Waals surface area (Å²) in [5.74, 6) is 1.45. The number of amides is 1. The maximum Gasteiger partial charge on any atom is 0.407 e. The molecule has 0 spiro atoms. The van der Waals surface area contributed by atoms with E-state index in [0.29, 0.717) is 5.88 Å². The SMILES string of the molecule is CC(C)Oc1ccc(-c2ccc(OC3CC4CCC(C3)N4C(=O)O)nc2)cc1. The maximum atomic E-state index is 11.4. The average molecular weight is 382 g/mol. The number of fused-ring (bicyclic) bond motifs is 2. The number of nitrogens with zero attached hydrogens (tertiary/aromatic N) is 2. The van der Waals surface area contributed by atoms with E-state index in [2.05, 4.69) is 4.98 Å². The Morgan fingerprint density at radius 3 is 2.25 bits per heavy atom. The van der Waals surface area contributed by atoms with Gasteiger partial charge in [0, 0.05) is 42.8 Å². The fourth-order valence-electron chi connectivity index (χ4n) is 4.33. The van der Waals surface area contributed by atoms with Crippen molar-refractivity contribution in [3.8, 4) is 22.8 Å². The zero-order valence-electron chi connectivity index (χ0n) is 16.2. The summed E-state index contributed by atoms with van der Waals surface area (Å²) in [6, 6.07) is 12.0. The first-order valence-electron chi connectivity index (χ1n) is 9.90. The number of carbonyl (C=O) groups is 1. The molecule has 1 amide bonds. The van der Waals surface area contributed by atoms with Crippen LogP contribution in [0.1, 0.15) is 39.5 Å². The Balaban J connectivity index is 1.38. The van der Waals surface area contributed by atoms with Crippen LogP contribution in [-0.2, 0) is 0 Å². The third-order valence-electron chi connectivity index (χ3n) is 5.49. The minimum Gasteiger partial charge on any atom is -0.491 e. The summed E-state index contributed by atoms with van der Waals surface area (Å²) in [4.78, 5) is 17.5. The number of hydrogen-bond donors (Lipinski definition) is 1. The van der Waals surface area contributed by atoms with Crippen molar-refractivity contribution in [3.63, 3.8) is 0 Å². The molecule has 4 rings (SSSR count). The molecule has 28 heavy (non-hydrogen) atoms. The zero-order chi connectivity index (χ0) is 19.7. The number of carboxylic acid groups (broad SMARTS) is 1. The summed E-state index contributed by atoms with van der Waals surface area (Å²) in [5, 5.41) is 9.36. The topological polar surface area (TPSA) is 71.9 Å². The Morgan fingerprint density at radius 1 is 1.07 bits per heavy atom. The lowest BCUT2D eigenvalue weighted by Gasteiger charge is -2.36. The minimum atomic E-state index is -0.807. The van der Waals surface area contributed by atoms with E-state index < -0.39 is 6.09 Å². The third kappa shape index (κ3) is 3.91. The molecule has 6 heteroatoms. The van der Waals surface area contributed by atoms with Crippen LogP contribution in [0.15, 0.2) is 42.6 Å². The summed E-state index contributed by atoms with van der Waals surface area (Å²) in [6.45, 7) is 4.01. The van der Waals surface area contributed by atoms with E-state index in [4.69, 9.17) is 9.47 Å². The molecule has 6 nitrogen and oxygen atoms in total. The number of aromatic nitrogens is 1. The molecule has 0 saturated carbocycles. The highest BCUT2D eigenvalue weighted by atomic mass is 16.5. The van der Waals surface area contributed by atoms with Gasteiger partial charge in [-0.1, -0.05) is 12.1 Å². The van der Waals surface area contributed by atoms with E-state index in [-0.39, 0.29) is 24.3 Å². The van der Waals surface area contributed by atoms with Gasteiger partial charge in [0.1, 0.15) is 11.9 Å². The van der Waals surface area contributed by atoms with Crippen LogP contribution in [0.25, 0.3) is 11.1 Å². The molecular formula is C22H26N2O4. The second-order valence-corrected chi connectivity index (χ2v) is 7.86. The van der Waals surface area contributed by atoms with E-state index in [1.165, 1.54) is 0 Å². The van der Waals surface area contributed by atoms with E-state index in [0.717, 1.165) is 42.6 Å². The number of piperidine rings is 1. The van der Waals surface area contributed by atoms with Crippen LogP contribution in [-0.4, -0.2) is 45.4 Å². The summed E-state index contributed by atoms with van der Waals surface area (Å²) in [5.41, 5.74) is 2.09. The Morgan fingerprint density at radius 2 is 1.71 bits per heavy atom. The first-order chi connectivity index (χ1) is 13.5. The summed E-state index contributed by atoms with van der Waals surface area (Å²) in [6.07, 6.45) is 4.53. The molecule has 1 aromatic heterocycles. The minimum absolute atomic E-state index is 0.0268. The lowest BCUT2D eigenvalue weighted by atomic mass is 10.0. The molecule has 2 aliphatic rings. The summed E-state index contributed by atoms with van der Waals surface area (Å²) < 4.78 is 11.7. The van der Waals surface area contributed by atoms with E-state index in [1.807, 2.05) is 56.4 Å². The molecule has 0 radical (unpaired) electrons. The van der Waals surface area contributed by atoms with Crippen molar-refractivity contribution in [1.29, 1.82) is 0 Å². The number of benzene rings is 1. The standard InChI is InChI=1S/C22H26N2O4/c1-14(2)27-19-8-3-15(4-9-19)16-5-10-21(23-13-16)28-20-11-17-6-7-18(12-20)24(17)22(25)26/h3-5,8-10,13-14,17-18,20H,6-7,11-12H2,1-2H3,(H,25,26). The molecule has 1 aromatic carbocycles. The molecule has 3 heterocycles. The van der Waals surface area contributed by atoms with Crippen molar-refractivity contribution in [3.05, 3.63) is 42.6 Å². The van der Waals surface area contributed by atoms with Crippen molar-refractivity contribution >= 4 is 6.09 Å². The van der Waals surface area contributed by atoms with Crippen molar-refractivity contribution in [1.82, 2.24) is 9.88 Å². The molecule has 2 aliphatic heterocycles. The Bertz CT molecular complexity index is 805. The highest BCUT2D eigenvalue weighted by molar-refractivity contribution is 5.66.